The van der Waals surface area contributed by atoms with Crippen molar-refractivity contribution in [2.45, 2.75) is 45.5 Å². The quantitative estimate of drug-likeness (QED) is 0.876. The highest BCUT2D eigenvalue weighted by Crippen LogP contribution is 2.26. The van der Waals surface area contributed by atoms with E-state index in [1.807, 2.05) is 20.8 Å². The summed E-state index contributed by atoms with van der Waals surface area (Å²) in [6, 6.07) is 6.09. The van der Waals surface area contributed by atoms with Crippen LogP contribution in [-0.2, 0) is 9.53 Å². The molecular formula is C16H23FN2O2. The standard InChI is InChI=1S/C16H23FN2O2/c1-4-14-16(20)19(9-10-21-11(2)3)15(18-14)12-5-7-13(17)8-6-12/h5-8,11,14-15,18H,4,9-10H2,1-3H3. The fraction of sp³-hybridized carbons (Fsp3) is 0.562. The number of nitrogens with zero attached hydrogens (tertiary/aromatic N) is 1. The Balaban J connectivity index is 2.12. The molecule has 2 unspecified atom stereocenters. The summed E-state index contributed by atoms with van der Waals surface area (Å²) < 4.78 is 18.6. The molecule has 1 fully saturated rings. The third-order valence-electron chi connectivity index (χ3n) is 3.63. The van der Waals surface area contributed by atoms with Crippen molar-refractivity contribution in [3.05, 3.63) is 35.6 Å². The lowest BCUT2D eigenvalue weighted by Crippen LogP contribution is -2.34. The predicted molar refractivity (Wildman–Crippen MR) is 79.2 cm³/mol. The molecule has 4 nitrogen and oxygen atoms in total. The summed E-state index contributed by atoms with van der Waals surface area (Å²) in [6.45, 7) is 6.94. The molecule has 1 saturated heterocycles. The molecule has 2 rings (SSSR count). The maximum Gasteiger partial charge on any atom is 0.241 e. The number of nitrogens with one attached hydrogen (secondary N) is 1. The molecule has 0 saturated carbocycles. The lowest BCUT2D eigenvalue weighted by Gasteiger charge is -2.25. The Kier molecular flexibility index (Phi) is 5.31. The van der Waals surface area contributed by atoms with Crippen LogP contribution in [0.25, 0.3) is 0 Å². The third-order valence-corrected chi connectivity index (χ3v) is 3.63. The van der Waals surface area contributed by atoms with Crippen molar-refractivity contribution in [1.82, 2.24) is 10.2 Å². The van der Waals surface area contributed by atoms with E-state index < -0.39 is 0 Å². The summed E-state index contributed by atoms with van der Waals surface area (Å²) in [7, 11) is 0. The highest BCUT2D eigenvalue weighted by Gasteiger charge is 2.38. The zero-order chi connectivity index (χ0) is 15.4. The molecule has 0 spiro atoms. The molecule has 0 aromatic heterocycles. The van der Waals surface area contributed by atoms with Crippen molar-refractivity contribution in [2.24, 2.45) is 0 Å². The number of ether oxygens (including phenoxy) is 1. The number of carbonyl (C=O) groups excluding carboxylic acids is 1. The second kappa shape index (κ2) is 7.00. The minimum absolute atomic E-state index is 0.0826. The van der Waals surface area contributed by atoms with E-state index in [-0.39, 0.29) is 30.0 Å². The Hall–Kier alpha value is -1.46. The summed E-state index contributed by atoms with van der Waals surface area (Å²) in [4.78, 5) is 14.2. The first-order valence-corrected chi connectivity index (χ1v) is 7.46. The summed E-state index contributed by atoms with van der Waals surface area (Å²) in [6.07, 6.45) is 0.665. The van der Waals surface area contributed by atoms with Gasteiger partial charge in [-0.3, -0.25) is 10.1 Å². The van der Waals surface area contributed by atoms with Gasteiger partial charge in [0.25, 0.3) is 0 Å². The maximum atomic E-state index is 13.1. The fourth-order valence-electron chi connectivity index (χ4n) is 2.52. The van der Waals surface area contributed by atoms with Crippen molar-refractivity contribution in [1.29, 1.82) is 0 Å². The zero-order valence-electron chi connectivity index (χ0n) is 12.8. The monoisotopic (exact) mass is 294 g/mol. The summed E-state index contributed by atoms with van der Waals surface area (Å²) in [5.41, 5.74) is 0.894. The van der Waals surface area contributed by atoms with Crippen molar-refractivity contribution in [2.75, 3.05) is 13.2 Å². The van der Waals surface area contributed by atoms with Gasteiger partial charge in [0.1, 0.15) is 12.0 Å². The Labute approximate surface area is 125 Å². The molecule has 5 heteroatoms. The van der Waals surface area contributed by atoms with Crippen LogP contribution in [0.15, 0.2) is 24.3 Å². The minimum atomic E-state index is -0.273. The van der Waals surface area contributed by atoms with Gasteiger partial charge in [-0.05, 0) is 38.0 Å². The Morgan fingerprint density at radius 3 is 2.57 bits per heavy atom. The average Bonchev–Trinajstić information content (AvgIpc) is 2.76. The van der Waals surface area contributed by atoms with Gasteiger partial charge in [-0.15, -0.1) is 0 Å². The van der Waals surface area contributed by atoms with E-state index in [0.29, 0.717) is 13.2 Å². The molecule has 1 aliphatic rings. The van der Waals surface area contributed by atoms with Gasteiger partial charge in [-0.2, -0.15) is 0 Å². The van der Waals surface area contributed by atoms with Crippen LogP contribution in [0.5, 0.6) is 0 Å². The fourth-order valence-corrected chi connectivity index (χ4v) is 2.52. The number of carbonyl (C=O) groups is 1. The van der Waals surface area contributed by atoms with Crippen LogP contribution >= 0.6 is 0 Å². The first-order valence-electron chi connectivity index (χ1n) is 7.46. The van der Waals surface area contributed by atoms with Crippen LogP contribution in [0, 0.1) is 5.82 Å². The molecule has 1 aromatic carbocycles. The Morgan fingerprint density at radius 1 is 1.33 bits per heavy atom. The van der Waals surface area contributed by atoms with Crippen molar-refractivity contribution in [3.8, 4) is 0 Å². The molecule has 21 heavy (non-hydrogen) atoms. The zero-order valence-corrected chi connectivity index (χ0v) is 12.8. The number of benzene rings is 1. The van der Waals surface area contributed by atoms with Crippen LogP contribution in [0.4, 0.5) is 4.39 Å². The topological polar surface area (TPSA) is 41.6 Å². The van der Waals surface area contributed by atoms with Gasteiger partial charge in [-0.25, -0.2) is 4.39 Å². The number of amides is 1. The van der Waals surface area contributed by atoms with E-state index in [1.165, 1.54) is 12.1 Å². The van der Waals surface area contributed by atoms with Crippen molar-refractivity contribution in [3.63, 3.8) is 0 Å². The Morgan fingerprint density at radius 2 is 2.00 bits per heavy atom. The summed E-state index contributed by atoms with van der Waals surface area (Å²) >= 11 is 0. The Bertz CT molecular complexity index is 476. The molecular weight excluding hydrogens is 271 g/mol. The molecule has 1 amide bonds. The van der Waals surface area contributed by atoms with Gasteiger partial charge in [-0.1, -0.05) is 19.1 Å². The third kappa shape index (κ3) is 3.80. The van der Waals surface area contributed by atoms with Crippen LogP contribution in [0.2, 0.25) is 0 Å². The highest BCUT2D eigenvalue weighted by molar-refractivity contribution is 5.84. The molecule has 2 atom stereocenters. The molecule has 116 valence electrons. The summed E-state index contributed by atoms with van der Waals surface area (Å²) in [5, 5.41) is 3.31. The first-order chi connectivity index (χ1) is 10.0. The van der Waals surface area contributed by atoms with E-state index in [1.54, 1.807) is 17.0 Å². The van der Waals surface area contributed by atoms with Crippen LogP contribution in [-0.4, -0.2) is 36.1 Å². The first kappa shape index (κ1) is 15.9. The van der Waals surface area contributed by atoms with E-state index in [4.69, 9.17) is 4.74 Å². The van der Waals surface area contributed by atoms with Gasteiger partial charge in [0, 0.05) is 6.54 Å². The number of hydrogen-bond donors (Lipinski definition) is 1. The molecule has 1 aromatic rings. The van der Waals surface area contributed by atoms with Gasteiger partial charge in [0.2, 0.25) is 5.91 Å². The SMILES string of the molecule is CCC1NC(c2ccc(F)cc2)N(CCOC(C)C)C1=O. The molecule has 0 radical (unpaired) electrons. The largest absolute Gasteiger partial charge is 0.377 e. The second-order valence-electron chi connectivity index (χ2n) is 5.53. The van der Waals surface area contributed by atoms with Crippen LogP contribution in [0.3, 0.4) is 0 Å². The number of halogens is 1. The van der Waals surface area contributed by atoms with Crippen LogP contribution in [0.1, 0.15) is 38.9 Å². The van der Waals surface area contributed by atoms with Crippen molar-refractivity contribution < 1.29 is 13.9 Å². The molecule has 1 heterocycles. The van der Waals surface area contributed by atoms with E-state index in [0.717, 1.165) is 12.0 Å². The predicted octanol–water partition coefficient (Wildman–Crippen LogP) is 2.46. The maximum absolute atomic E-state index is 13.1. The summed E-state index contributed by atoms with van der Waals surface area (Å²) in [5.74, 6) is -0.191. The van der Waals surface area contributed by atoms with Gasteiger partial charge >= 0.3 is 0 Å². The minimum Gasteiger partial charge on any atom is -0.377 e. The van der Waals surface area contributed by atoms with E-state index >= 15 is 0 Å². The lowest BCUT2D eigenvalue weighted by molar-refractivity contribution is -0.131. The normalized spacial score (nSPS) is 22.3. The highest BCUT2D eigenvalue weighted by atomic mass is 19.1. The van der Waals surface area contributed by atoms with E-state index in [9.17, 15) is 9.18 Å². The van der Waals surface area contributed by atoms with Gasteiger partial charge in [0.05, 0.1) is 18.8 Å². The molecule has 0 bridgehead atoms. The number of hydrogen-bond acceptors (Lipinski definition) is 3. The average molecular weight is 294 g/mol. The number of rotatable bonds is 6. The van der Waals surface area contributed by atoms with Crippen LogP contribution < -0.4 is 5.32 Å². The molecule has 1 aliphatic heterocycles. The molecule has 0 aliphatic carbocycles. The molecule has 1 N–H and O–H groups in total. The second-order valence-corrected chi connectivity index (χ2v) is 5.53. The van der Waals surface area contributed by atoms with E-state index in [2.05, 4.69) is 5.32 Å². The van der Waals surface area contributed by atoms with Gasteiger partial charge in [0.15, 0.2) is 0 Å². The lowest BCUT2D eigenvalue weighted by atomic mass is 10.1. The smallest absolute Gasteiger partial charge is 0.241 e. The van der Waals surface area contributed by atoms with Crippen molar-refractivity contribution >= 4 is 5.91 Å². The van der Waals surface area contributed by atoms with Gasteiger partial charge < -0.3 is 9.64 Å².